The molecule has 5 N–H and O–H groups in total. The molecule has 0 spiro atoms. The lowest BCUT2D eigenvalue weighted by Crippen LogP contribution is -1.91. The molecule has 1 aromatic rings. The van der Waals surface area contributed by atoms with Gasteiger partial charge < -0.3 is 25.7 Å². The number of anilines is 2. The van der Waals surface area contributed by atoms with E-state index in [4.69, 9.17) is 34.1 Å². The average molecular weight is 220 g/mol. The van der Waals surface area contributed by atoms with Gasteiger partial charge >= 0.3 is 0 Å². The second-order valence-electron chi connectivity index (χ2n) is 2.23. The Bertz CT molecular complexity index is 395. The summed E-state index contributed by atoms with van der Waals surface area (Å²) in [4.78, 5) is 0. The molecule has 7 nitrogen and oxygen atoms in total. The van der Waals surface area contributed by atoms with E-state index >= 15 is 0 Å². The maximum atomic E-state index is 8.86. The van der Waals surface area contributed by atoms with E-state index in [1.807, 2.05) is 0 Å². The minimum atomic E-state index is -5.17. The predicted molar refractivity (Wildman–Crippen MR) is 47.4 cm³/mol. The Kier molecular flexibility index (Phi) is 4.15. The number of hydrogen-bond donors (Lipinski definition) is 3. The zero-order chi connectivity index (χ0) is 11.4. The first kappa shape index (κ1) is 12.5. The Morgan fingerprint density at radius 1 is 1.21 bits per heavy atom. The molecule has 0 aromatic heterocycles. The summed E-state index contributed by atoms with van der Waals surface area (Å²) in [5.41, 5.74) is 11.5. The molecule has 0 aliphatic heterocycles. The normalized spacial score (nSPS) is 10.1. The first-order valence-electron chi connectivity index (χ1n) is 3.21. The third kappa shape index (κ3) is 7.16. The first-order valence-corrected chi connectivity index (χ1v) is 4.54. The molecule has 0 saturated carbocycles. The van der Waals surface area contributed by atoms with Gasteiger partial charge in [-0.1, -0.05) is 0 Å². The van der Waals surface area contributed by atoms with Crippen molar-refractivity contribution in [2.75, 3.05) is 11.5 Å². The highest BCUT2D eigenvalue weighted by Gasteiger charge is 1.93. The van der Waals surface area contributed by atoms with Crippen molar-refractivity contribution in [2.24, 2.45) is 0 Å². The molecule has 1 aromatic carbocycles. The largest absolute Gasteiger partial charge is 0.759 e. The summed E-state index contributed by atoms with van der Waals surface area (Å²) in [5.74, 6) is 0.0733. The van der Waals surface area contributed by atoms with Gasteiger partial charge in [0.15, 0.2) is 0 Å². The van der Waals surface area contributed by atoms with Crippen LogP contribution in [0.2, 0.25) is 0 Å². The molecule has 14 heavy (non-hydrogen) atoms. The predicted octanol–water partition coefficient (Wildman–Crippen LogP) is -0.781. The van der Waals surface area contributed by atoms with Crippen LogP contribution in [-0.2, 0) is 10.4 Å². The van der Waals surface area contributed by atoms with Gasteiger partial charge in [-0.05, 0) is 18.2 Å². The van der Waals surface area contributed by atoms with Gasteiger partial charge in [0.25, 0.3) is 0 Å². The lowest BCUT2D eigenvalue weighted by atomic mass is 10.3. The molecule has 0 atom stereocenters. The molecule has 0 unspecified atom stereocenters. The lowest BCUT2D eigenvalue weighted by molar-refractivity contribution is 0.352. The maximum Gasteiger partial charge on any atom is 0.138 e. The van der Waals surface area contributed by atoms with Gasteiger partial charge in [0.05, 0.1) is 5.69 Å². The highest BCUT2D eigenvalue weighted by atomic mass is 32.3. The lowest BCUT2D eigenvalue weighted by Gasteiger charge is -2.06. The molecule has 0 saturated heterocycles. The summed E-state index contributed by atoms with van der Waals surface area (Å²) >= 11 is 0. The third-order valence-electron chi connectivity index (χ3n) is 1.05. The van der Waals surface area contributed by atoms with Gasteiger partial charge in [-0.3, -0.25) is 8.42 Å². The Morgan fingerprint density at radius 3 is 1.93 bits per heavy atom. The zero-order valence-electron chi connectivity index (χ0n) is 6.88. The van der Waals surface area contributed by atoms with Crippen LogP contribution in [0.5, 0.6) is 5.75 Å². The molecule has 1 rings (SSSR count). The molecule has 0 bridgehead atoms. The topological polar surface area (TPSA) is 153 Å². The Labute approximate surface area is 80.5 Å². The fraction of sp³-hybridized carbons (Fsp3) is 0. The summed E-state index contributed by atoms with van der Waals surface area (Å²) in [6, 6.07) is 4.56. The van der Waals surface area contributed by atoms with Crippen molar-refractivity contribution in [1.29, 1.82) is 0 Å². The van der Waals surface area contributed by atoms with Crippen LogP contribution < -0.4 is 11.5 Å². The van der Waals surface area contributed by atoms with Gasteiger partial charge in [0.2, 0.25) is 0 Å². The Hall–Kier alpha value is -1.51. The van der Waals surface area contributed by atoms with E-state index in [2.05, 4.69) is 0 Å². The van der Waals surface area contributed by atoms with E-state index in [0.717, 1.165) is 0 Å². The quantitative estimate of drug-likeness (QED) is 0.170. The zero-order valence-corrected chi connectivity index (χ0v) is 7.69. The van der Waals surface area contributed by atoms with Crippen LogP contribution in [0.3, 0.4) is 0 Å². The third-order valence-corrected chi connectivity index (χ3v) is 1.05. The van der Waals surface area contributed by atoms with Crippen molar-refractivity contribution in [3.8, 4) is 5.75 Å². The van der Waals surface area contributed by atoms with E-state index in [0.29, 0.717) is 11.4 Å². The van der Waals surface area contributed by atoms with Gasteiger partial charge in [-0.15, -0.1) is 0 Å². The standard InChI is InChI=1S/C6H8N2O.H2O4S/c7-4-1-2-6(9)5(8)3-4;1-5(2,3)4/h1-3,9H,7-8H2;(H2,1,2,3,4)/p-2. The first-order chi connectivity index (χ1) is 6.20. The Balaban J connectivity index is 0.000000292. The summed E-state index contributed by atoms with van der Waals surface area (Å²) < 4.78 is 34.1. The molecule has 0 amide bonds. The SMILES string of the molecule is Nc1ccc(O)c(N)c1.O=S(=O)([O-])[O-]. The van der Waals surface area contributed by atoms with Crippen LogP contribution in [0.1, 0.15) is 0 Å². The van der Waals surface area contributed by atoms with Crippen LogP contribution in [-0.4, -0.2) is 22.6 Å². The monoisotopic (exact) mass is 220 g/mol. The molecule has 0 aliphatic carbocycles. The van der Waals surface area contributed by atoms with Gasteiger partial charge in [-0.2, -0.15) is 0 Å². The number of phenols is 1. The van der Waals surface area contributed by atoms with E-state index < -0.39 is 10.4 Å². The van der Waals surface area contributed by atoms with Crippen LogP contribution in [0.4, 0.5) is 11.4 Å². The Morgan fingerprint density at radius 2 is 1.64 bits per heavy atom. The van der Waals surface area contributed by atoms with Gasteiger partial charge in [0.1, 0.15) is 5.75 Å². The molecule has 80 valence electrons. The summed E-state index contributed by atoms with van der Waals surface area (Å²) in [5, 5.41) is 8.86. The number of phenolic OH excluding ortho intramolecular Hbond substituents is 1. The van der Waals surface area contributed by atoms with E-state index in [1.165, 1.54) is 12.1 Å². The molecule has 0 fully saturated rings. The second-order valence-corrected chi connectivity index (χ2v) is 3.04. The van der Waals surface area contributed by atoms with Crippen molar-refractivity contribution >= 4 is 21.8 Å². The molecule has 0 heterocycles. The number of aromatic hydroxyl groups is 1. The second kappa shape index (κ2) is 4.65. The van der Waals surface area contributed by atoms with E-state index in [1.54, 1.807) is 6.07 Å². The molecular formula is C6H8N2O5S-2. The number of hydrogen-bond acceptors (Lipinski definition) is 7. The van der Waals surface area contributed by atoms with Gasteiger partial charge in [0, 0.05) is 16.1 Å². The molecular weight excluding hydrogens is 212 g/mol. The fourth-order valence-electron chi connectivity index (χ4n) is 0.573. The van der Waals surface area contributed by atoms with Crippen molar-refractivity contribution in [3.05, 3.63) is 18.2 Å². The minimum Gasteiger partial charge on any atom is -0.759 e. The number of benzene rings is 1. The minimum absolute atomic E-state index is 0.0733. The smallest absolute Gasteiger partial charge is 0.138 e. The van der Waals surface area contributed by atoms with Crippen molar-refractivity contribution in [3.63, 3.8) is 0 Å². The number of rotatable bonds is 0. The van der Waals surface area contributed by atoms with Crippen molar-refractivity contribution in [2.45, 2.75) is 0 Å². The van der Waals surface area contributed by atoms with Crippen LogP contribution in [0.25, 0.3) is 0 Å². The highest BCUT2D eigenvalue weighted by Crippen LogP contribution is 2.20. The highest BCUT2D eigenvalue weighted by molar-refractivity contribution is 7.79. The fourth-order valence-corrected chi connectivity index (χ4v) is 0.573. The van der Waals surface area contributed by atoms with Gasteiger partial charge in [-0.25, -0.2) is 0 Å². The van der Waals surface area contributed by atoms with Crippen LogP contribution in [0, 0.1) is 0 Å². The number of nitrogen functional groups attached to an aromatic ring is 2. The van der Waals surface area contributed by atoms with Crippen molar-refractivity contribution < 1.29 is 22.6 Å². The van der Waals surface area contributed by atoms with Crippen molar-refractivity contribution in [1.82, 2.24) is 0 Å². The number of nitrogens with two attached hydrogens (primary N) is 2. The van der Waals surface area contributed by atoms with Crippen LogP contribution in [0.15, 0.2) is 18.2 Å². The van der Waals surface area contributed by atoms with E-state index in [9.17, 15) is 0 Å². The molecule has 0 aliphatic rings. The molecule has 0 radical (unpaired) electrons. The average Bonchev–Trinajstić information content (AvgIpc) is 1.94. The maximum absolute atomic E-state index is 8.86. The summed E-state index contributed by atoms with van der Waals surface area (Å²) in [7, 11) is -5.17. The summed E-state index contributed by atoms with van der Waals surface area (Å²) in [6.07, 6.45) is 0. The van der Waals surface area contributed by atoms with E-state index in [-0.39, 0.29) is 5.75 Å². The van der Waals surface area contributed by atoms with Crippen LogP contribution >= 0.6 is 0 Å². The summed E-state index contributed by atoms with van der Waals surface area (Å²) in [6.45, 7) is 0. The molecule has 8 heteroatoms.